The van der Waals surface area contributed by atoms with Crippen molar-refractivity contribution in [3.8, 4) is 0 Å². The molecule has 1 amide bonds. The van der Waals surface area contributed by atoms with Crippen LogP contribution < -0.4 is 0 Å². The van der Waals surface area contributed by atoms with Gasteiger partial charge in [0.2, 0.25) is 5.91 Å². The Balaban J connectivity index is 1.94. The summed E-state index contributed by atoms with van der Waals surface area (Å²) in [5.74, 6) is 0.0526. The Morgan fingerprint density at radius 3 is 2.83 bits per heavy atom. The zero-order valence-corrected chi connectivity index (χ0v) is 6.90. The fourth-order valence-corrected chi connectivity index (χ4v) is 1.59. The van der Waals surface area contributed by atoms with E-state index in [1.165, 1.54) is 0 Å². The van der Waals surface area contributed by atoms with Gasteiger partial charge in [-0.25, -0.2) is 0 Å². The lowest BCUT2D eigenvalue weighted by molar-refractivity contribution is -0.132. The minimum absolute atomic E-state index is 0.122. The molecule has 66 valence electrons. The molecule has 0 aromatic carbocycles. The van der Waals surface area contributed by atoms with Gasteiger partial charge in [0.05, 0.1) is 6.21 Å². The number of carbonyl (C=O) groups is 1. The fraction of sp³-hybridized carbons (Fsp3) is 0.750. The van der Waals surface area contributed by atoms with E-state index in [0.717, 1.165) is 25.9 Å². The third-order valence-corrected chi connectivity index (χ3v) is 2.30. The third kappa shape index (κ3) is 1.29. The summed E-state index contributed by atoms with van der Waals surface area (Å²) in [6.45, 7) is 2.24. The second-order valence-corrected chi connectivity index (χ2v) is 3.19. The normalized spacial score (nSPS) is 27.7. The van der Waals surface area contributed by atoms with Crippen molar-refractivity contribution >= 4 is 12.1 Å². The van der Waals surface area contributed by atoms with Crippen LogP contribution in [0.25, 0.3) is 0 Å². The Labute approximate surface area is 71.2 Å². The topological polar surface area (TPSA) is 41.9 Å². The zero-order chi connectivity index (χ0) is 8.39. The number of amides is 1. The summed E-state index contributed by atoms with van der Waals surface area (Å²) in [5, 5.41) is 3.58. The Bertz CT molecular complexity index is 209. The van der Waals surface area contributed by atoms with Gasteiger partial charge in [-0.3, -0.25) is 4.79 Å². The van der Waals surface area contributed by atoms with E-state index in [2.05, 4.69) is 5.16 Å². The number of rotatable bonds is 1. The van der Waals surface area contributed by atoms with Gasteiger partial charge in [0.1, 0.15) is 12.5 Å². The smallest absolute Gasteiger partial charge is 0.234 e. The van der Waals surface area contributed by atoms with E-state index in [4.69, 9.17) is 4.84 Å². The highest BCUT2D eigenvalue weighted by Crippen LogP contribution is 2.13. The van der Waals surface area contributed by atoms with Gasteiger partial charge in [-0.2, -0.15) is 0 Å². The van der Waals surface area contributed by atoms with Crippen LogP contribution in [-0.2, 0) is 9.63 Å². The summed E-state index contributed by atoms with van der Waals surface area (Å²) in [5.41, 5.74) is 0. The van der Waals surface area contributed by atoms with E-state index in [0.29, 0.717) is 6.61 Å². The molecule has 0 saturated carbocycles. The van der Waals surface area contributed by atoms with E-state index < -0.39 is 0 Å². The maximum absolute atomic E-state index is 11.6. The van der Waals surface area contributed by atoms with Gasteiger partial charge in [-0.15, -0.1) is 0 Å². The Hall–Kier alpha value is -1.06. The van der Waals surface area contributed by atoms with E-state index in [-0.39, 0.29) is 11.8 Å². The lowest BCUT2D eigenvalue weighted by Gasteiger charge is -2.16. The van der Waals surface area contributed by atoms with Crippen LogP contribution in [0.2, 0.25) is 0 Å². The molecular weight excluding hydrogens is 156 g/mol. The van der Waals surface area contributed by atoms with Crippen LogP contribution >= 0.6 is 0 Å². The largest absolute Gasteiger partial charge is 0.395 e. The highest BCUT2D eigenvalue weighted by Gasteiger charge is 2.27. The molecule has 4 nitrogen and oxygen atoms in total. The number of likely N-dealkylation sites (tertiary alicyclic amines) is 1. The number of carbonyl (C=O) groups excluding carboxylic acids is 1. The maximum atomic E-state index is 11.6. The van der Waals surface area contributed by atoms with Crippen molar-refractivity contribution in [1.29, 1.82) is 0 Å². The lowest BCUT2D eigenvalue weighted by Crippen LogP contribution is -2.34. The highest BCUT2D eigenvalue weighted by molar-refractivity contribution is 5.94. The molecule has 2 rings (SSSR count). The average Bonchev–Trinajstić information content (AvgIpc) is 2.77. The van der Waals surface area contributed by atoms with Gasteiger partial charge < -0.3 is 9.74 Å². The maximum Gasteiger partial charge on any atom is 0.234 e. The van der Waals surface area contributed by atoms with Crippen LogP contribution in [0, 0.1) is 5.92 Å². The molecule has 1 unspecified atom stereocenters. The summed E-state index contributed by atoms with van der Waals surface area (Å²) in [7, 11) is 0. The minimum Gasteiger partial charge on any atom is -0.395 e. The molecule has 0 aromatic rings. The first kappa shape index (κ1) is 7.58. The summed E-state index contributed by atoms with van der Waals surface area (Å²) in [4.78, 5) is 18.3. The average molecular weight is 168 g/mol. The monoisotopic (exact) mass is 168 g/mol. The van der Waals surface area contributed by atoms with Crippen molar-refractivity contribution in [2.24, 2.45) is 11.1 Å². The van der Waals surface area contributed by atoms with Crippen molar-refractivity contribution < 1.29 is 9.63 Å². The first-order valence-electron chi connectivity index (χ1n) is 4.32. The Morgan fingerprint density at radius 1 is 1.50 bits per heavy atom. The van der Waals surface area contributed by atoms with Crippen molar-refractivity contribution in [1.82, 2.24) is 4.90 Å². The molecule has 0 aliphatic carbocycles. The van der Waals surface area contributed by atoms with Crippen molar-refractivity contribution in [3.05, 3.63) is 0 Å². The molecule has 0 bridgehead atoms. The molecule has 1 atom stereocenters. The van der Waals surface area contributed by atoms with Crippen molar-refractivity contribution in [3.63, 3.8) is 0 Å². The van der Waals surface area contributed by atoms with Gasteiger partial charge in [0, 0.05) is 13.1 Å². The number of hydrogen-bond donors (Lipinski definition) is 0. The lowest BCUT2D eigenvalue weighted by atomic mass is 10.1. The second-order valence-electron chi connectivity index (χ2n) is 3.19. The van der Waals surface area contributed by atoms with E-state index in [1.54, 1.807) is 6.21 Å². The van der Waals surface area contributed by atoms with Crippen LogP contribution in [0.5, 0.6) is 0 Å². The Kier molecular flexibility index (Phi) is 1.98. The van der Waals surface area contributed by atoms with Gasteiger partial charge in [-0.05, 0) is 12.8 Å². The zero-order valence-electron chi connectivity index (χ0n) is 6.90. The third-order valence-electron chi connectivity index (χ3n) is 2.30. The summed E-state index contributed by atoms with van der Waals surface area (Å²) in [6, 6.07) is 0. The molecule has 2 aliphatic heterocycles. The quantitative estimate of drug-likeness (QED) is 0.563. The molecular formula is C8H12N2O2. The van der Waals surface area contributed by atoms with Gasteiger partial charge >= 0.3 is 0 Å². The molecule has 0 radical (unpaired) electrons. The van der Waals surface area contributed by atoms with Crippen molar-refractivity contribution in [2.75, 3.05) is 19.7 Å². The Morgan fingerprint density at radius 2 is 2.25 bits per heavy atom. The van der Waals surface area contributed by atoms with Crippen LogP contribution in [0.3, 0.4) is 0 Å². The summed E-state index contributed by atoms with van der Waals surface area (Å²) in [6.07, 6.45) is 3.87. The molecule has 0 spiro atoms. The van der Waals surface area contributed by atoms with E-state index >= 15 is 0 Å². The van der Waals surface area contributed by atoms with Crippen LogP contribution in [0.1, 0.15) is 12.8 Å². The molecule has 0 aromatic heterocycles. The fourth-order valence-electron chi connectivity index (χ4n) is 1.59. The highest BCUT2D eigenvalue weighted by atomic mass is 16.6. The summed E-state index contributed by atoms with van der Waals surface area (Å²) >= 11 is 0. The van der Waals surface area contributed by atoms with Gasteiger partial charge in [0.25, 0.3) is 0 Å². The molecule has 0 N–H and O–H groups in total. The minimum atomic E-state index is -0.122. The second kappa shape index (κ2) is 3.13. The summed E-state index contributed by atoms with van der Waals surface area (Å²) < 4.78 is 0. The van der Waals surface area contributed by atoms with Crippen LogP contribution in [0.4, 0.5) is 0 Å². The molecule has 12 heavy (non-hydrogen) atoms. The SMILES string of the molecule is O=C(C1C=NOC1)N1CCCC1. The molecule has 2 heterocycles. The van der Waals surface area contributed by atoms with Gasteiger partial charge in [-0.1, -0.05) is 5.16 Å². The number of oxime groups is 1. The van der Waals surface area contributed by atoms with Crippen LogP contribution in [0.15, 0.2) is 5.16 Å². The van der Waals surface area contributed by atoms with Crippen molar-refractivity contribution in [2.45, 2.75) is 12.8 Å². The van der Waals surface area contributed by atoms with E-state index in [1.807, 2.05) is 4.90 Å². The number of nitrogens with zero attached hydrogens (tertiary/aromatic N) is 2. The predicted octanol–water partition coefficient (Wildman–Crippen LogP) is 0.241. The van der Waals surface area contributed by atoms with Crippen LogP contribution in [-0.4, -0.2) is 36.7 Å². The predicted molar refractivity (Wildman–Crippen MR) is 43.7 cm³/mol. The molecule has 4 heteroatoms. The number of hydrogen-bond acceptors (Lipinski definition) is 3. The van der Waals surface area contributed by atoms with Gasteiger partial charge in [0.15, 0.2) is 0 Å². The standard InChI is InChI=1S/C8H12N2O2/c11-8(7-5-9-12-6-7)10-3-1-2-4-10/h5,7H,1-4,6H2. The molecule has 2 aliphatic rings. The first-order valence-corrected chi connectivity index (χ1v) is 4.32. The van der Waals surface area contributed by atoms with E-state index in [9.17, 15) is 4.79 Å². The molecule has 1 saturated heterocycles. The molecule has 1 fully saturated rings. The first-order chi connectivity index (χ1) is 5.88.